The van der Waals surface area contributed by atoms with Crippen molar-refractivity contribution in [3.05, 3.63) is 39.7 Å². The average molecular weight is 303 g/mol. The van der Waals surface area contributed by atoms with Gasteiger partial charge in [-0.3, -0.25) is 0 Å². The SMILES string of the molecule is O=C(O)c1coc(-c2ccc(Cl)cc2Br)n1. The molecule has 0 aliphatic rings. The molecule has 0 fully saturated rings. The molecule has 1 heterocycles. The van der Waals surface area contributed by atoms with E-state index in [1.165, 1.54) is 0 Å². The minimum Gasteiger partial charge on any atom is -0.476 e. The highest BCUT2D eigenvalue weighted by Gasteiger charge is 2.14. The van der Waals surface area contributed by atoms with Gasteiger partial charge in [0.15, 0.2) is 5.69 Å². The average Bonchev–Trinajstić information content (AvgIpc) is 2.66. The second-order valence-corrected chi connectivity index (χ2v) is 4.26. The number of hydrogen-bond donors (Lipinski definition) is 1. The van der Waals surface area contributed by atoms with Crippen LogP contribution in [0.25, 0.3) is 11.5 Å². The summed E-state index contributed by atoms with van der Waals surface area (Å²) in [6, 6.07) is 5.05. The summed E-state index contributed by atoms with van der Waals surface area (Å²) in [5, 5.41) is 9.27. The molecule has 2 aromatic rings. The fraction of sp³-hybridized carbons (Fsp3) is 0. The van der Waals surface area contributed by atoms with Crippen molar-refractivity contribution >= 4 is 33.5 Å². The zero-order valence-electron chi connectivity index (χ0n) is 7.78. The summed E-state index contributed by atoms with van der Waals surface area (Å²) in [6.45, 7) is 0. The Morgan fingerprint density at radius 3 is 2.81 bits per heavy atom. The standard InChI is InChI=1S/C10H5BrClNO3/c11-7-3-5(12)1-2-6(7)9-13-8(4-16-9)10(14)15/h1-4H,(H,14,15). The van der Waals surface area contributed by atoms with Crippen molar-refractivity contribution in [2.75, 3.05) is 0 Å². The predicted octanol–water partition coefficient (Wildman–Crippen LogP) is 3.46. The van der Waals surface area contributed by atoms with Crippen LogP contribution in [0.5, 0.6) is 0 Å². The van der Waals surface area contributed by atoms with E-state index in [4.69, 9.17) is 21.1 Å². The summed E-state index contributed by atoms with van der Waals surface area (Å²) < 4.78 is 5.76. The Hall–Kier alpha value is -1.33. The molecule has 0 atom stereocenters. The third-order valence-electron chi connectivity index (χ3n) is 1.88. The Labute approximate surface area is 104 Å². The zero-order chi connectivity index (χ0) is 11.7. The lowest BCUT2D eigenvalue weighted by molar-refractivity contribution is 0.0690. The summed E-state index contributed by atoms with van der Waals surface area (Å²) in [4.78, 5) is 14.5. The lowest BCUT2D eigenvalue weighted by atomic mass is 10.2. The van der Waals surface area contributed by atoms with E-state index in [0.29, 0.717) is 15.1 Å². The summed E-state index contributed by atoms with van der Waals surface area (Å²) in [7, 11) is 0. The molecule has 4 nitrogen and oxygen atoms in total. The van der Waals surface area contributed by atoms with Crippen molar-refractivity contribution in [2.24, 2.45) is 0 Å². The molecule has 0 amide bonds. The summed E-state index contributed by atoms with van der Waals surface area (Å²) >= 11 is 9.08. The molecule has 1 aromatic carbocycles. The van der Waals surface area contributed by atoms with Gasteiger partial charge in [0.2, 0.25) is 5.89 Å². The number of halogens is 2. The van der Waals surface area contributed by atoms with Crippen LogP contribution in [0.3, 0.4) is 0 Å². The number of aromatic nitrogens is 1. The van der Waals surface area contributed by atoms with Gasteiger partial charge in [-0.2, -0.15) is 0 Å². The van der Waals surface area contributed by atoms with Gasteiger partial charge in [-0.1, -0.05) is 11.6 Å². The van der Waals surface area contributed by atoms with Gasteiger partial charge in [0.05, 0.1) is 5.56 Å². The van der Waals surface area contributed by atoms with Crippen molar-refractivity contribution in [2.45, 2.75) is 0 Å². The summed E-state index contributed by atoms with van der Waals surface area (Å²) in [5.41, 5.74) is 0.522. The highest BCUT2D eigenvalue weighted by atomic mass is 79.9. The maximum atomic E-state index is 10.6. The van der Waals surface area contributed by atoms with E-state index in [0.717, 1.165) is 6.26 Å². The molecule has 6 heteroatoms. The van der Waals surface area contributed by atoms with Crippen LogP contribution in [-0.4, -0.2) is 16.1 Å². The van der Waals surface area contributed by atoms with Crippen LogP contribution in [0, 0.1) is 0 Å². The number of carbonyl (C=O) groups is 1. The number of hydrogen-bond acceptors (Lipinski definition) is 3. The monoisotopic (exact) mass is 301 g/mol. The molecule has 0 saturated heterocycles. The first-order chi connectivity index (χ1) is 7.58. The van der Waals surface area contributed by atoms with Gasteiger partial charge >= 0.3 is 5.97 Å². The van der Waals surface area contributed by atoms with E-state index in [1.54, 1.807) is 18.2 Å². The van der Waals surface area contributed by atoms with Gasteiger partial charge in [0.1, 0.15) is 6.26 Å². The van der Waals surface area contributed by atoms with Crippen LogP contribution in [0.4, 0.5) is 0 Å². The van der Waals surface area contributed by atoms with Gasteiger partial charge in [0, 0.05) is 9.50 Å². The summed E-state index contributed by atoms with van der Waals surface area (Å²) in [5.74, 6) is -0.888. The molecule has 0 radical (unpaired) electrons. The van der Waals surface area contributed by atoms with E-state index in [-0.39, 0.29) is 11.6 Å². The van der Waals surface area contributed by atoms with Crippen molar-refractivity contribution in [3.63, 3.8) is 0 Å². The summed E-state index contributed by atoms with van der Waals surface area (Å²) in [6.07, 6.45) is 1.10. The number of rotatable bonds is 2. The quantitative estimate of drug-likeness (QED) is 0.923. The highest BCUT2D eigenvalue weighted by Crippen LogP contribution is 2.29. The van der Waals surface area contributed by atoms with Crippen LogP contribution in [0.1, 0.15) is 10.5 Å². The molecule has 0 bridgehead atoms. The molecule has 0 spiro atoms. The molecule has 0 aliphatic carbocycles. The Kier molecular flexibility index (Phi) is 2.98. The smallest absolute Gasteiger partial charge is 0.357 e. The molecule has 0 saturated carbocycles. The van der Waals surface area contributed by atoms with Gasteiger partial charge in [-0.05, 0) is 34.1 Å². The Morgan fingerprint density at radius 1 is 1.50 bits per heavy atom. The second-order valence-electron chi connectivity index (χ2n) is 2.97. The first kappa shape index (κ1) is 11.2. The third-order valence-corrected chi connectivity index (χ3v) is 2.78. The molecule has 0 unspecified atom stereocenters. The Balaban J connectivity index is 2.46. The molecule has 0 aliphatic heterocycles. The lowest BCUT2D eigenvalue weighted by Crippen LogP contribution is -1.95. The Morgan fingerprint density at radius 2 is 2.25 bits per heavy atom. The maximum Gasteiger partial charge on any atom is 0.357 e. The fourth-order valence-corrected chi connectivity index (χ4v) is 2.01. The maximum absolute atomic E-state index is 10.6. The molecule has 1 N–H and O–H groups in total. The molecule has 16 heavy (non-hydrogen) atoms. The van der Waals surface area contributed by atoms with E-state index >= 15 is 0 Å². The van der Waals surface area contributed by atoms with Crippen molar-refractivity contribution < 1.29 is 14.3 Å². The number of benzene rings is 1. The van der Waals surface area contributed by atoms with Gasteiger partial charge in [-0.25, -0.2) is 9.78 Å². The first-order valence-corrected chi connectivity index (χ1v) is 5.39. The largest absolute Gasteiger partial charge is 0.476 e. The van der Waals surface area contributed by atoms with E-state index < -0.39 is 5.97 Å². The van der Waals surface area contributed by atoms with Gasteiger partial charge < -0.3 is 9.52 Å². The van der Waals surface area contributed by atoms with Crippen LogP contribution in [0.2, 0.25) is 5.02 Å². The van der Waals surface area contributed by atoms with E-state index in [1.807, 2.05) is 0 Å². The van der Waals surface area contributed by atoms with E-state index in [2.05, 4.69) is 20.9 Å². The normalized spacial score (nSPS) is 10.4. The van der Waals surface area contributed by atoms with Crippen LogP contribution >= 0.6 is 27.5 Å². The zero-order valence-corrected chi connectivity index (χ0v) is 10.1. The van der Waals surface area contributed by atoms with Gasteiger partial charge in [0.25, 0.3) is 0 Å². The second kappa shape index (κ2) is 4.27. The number of carboxylic acid groups (broad SMARTS) is 1. The lowest BCUT2D eigenvalue weighted by Gasteiger charge is -1.99. The van der Waals surface area contributed by atoms with Crippen molar-refractivity contribution in [1.29, 1.82) is 0 Å². The molecule has 2 rings (SSSR count). The number of oxazole rings is 1. The first-order valence-electron chi connectivity index (χ1n) is 4.22. The van der Waals surface area contributed by atoms with Crippen LogP contribution in [0.15, 0.2) is 33.4 Å². The van der Waals surface area contributed by atoms with Crippen LogP contribution < -0.4 is 0 Å². The van der Waals surface area contributed by atoms with Gasteiger partial charge in [-0.15, -0.1) is 0 Å². The molecular formula is C10H5BrClNO3. The fourth-order valence-electron chi connectivity index (χ4n) is 1.16. The topological polar surface area (TPSA) is 63.3 Å². The number of aromatic carboxylic acids is 1. The third kappa shape index (κ3) is 2.10. The Bertz CT molecular complexity index is 553. The van der Waals surface area contributed by atoms with Crippen molar-refractivity contribution in [1.82, 2.24) is 4.98 Å². The van der Waals surface area contributed by atoms with Crippen molar-refractivity contribution in [3.8, 4) is 11.5 Å². The predicted molar refractivity (Wildman–Crippen MR) is 61.6 cm³/mol. The number of nitrogens with zero attached hydrogens (tertiary/aromatic N) is 1. The number of carboxylic acids is 1. The highest BCUT2D eigenvalue weighted by molar-refractivity contribution is 9.10. The minimum absolute atomic E-state index is 0.128. The molecule has 1 aromatic heterocycles. The van der Waals surface area contributed by atoms with E-state index in [9.17, 15) is 4.79 Å². The molecular weight excluding hydrogens is 297 g/mol. The van der Waals surface area contributed by atoms with Crippen LogP contribution in [-0.2, 0) is 0 Å². The minimum atomic E-state index is -1.12. The molecule has 82 valence electrons.